The largest absolute Gasteiger partial charge is 0.325 e. The zero-order valence-electron chi connectivity index (χ0n) is 15.7. The number of nitrogens with zero attached hydrogens (tertiary/aromatic N) is 2. The second-order valence-corrected chi connectivity index (χ2v) is 8.13. The number of aromatic nitrogens is 3. The maximum absolute atomic E-state index is 12.1. The highest BCUT2D eigenvalue weighted by Gasteiger charge is 2.15. The lowest BCUT2D eigenvalue weighted by atomic mass is 9.84. The Bertz CT molecular complexity index is 885. The third kappa shape index (κ3) is 4.81. The van der Waals surface area contributed by atoms with E-state index in [0.29, 0.717) is 10.9 Å². The number of carbonyl (C=O) groups excluding carboxylic acids is 1. The van der Waals surface area contributed by atoms with E-state index in [1.807, 2.05) is 12.1 Å². The molecule has 1 heterocycles. The minimum atomic E-state index is -0.0639. The summed E-state index contributed by atoms with van der Waals surface area (Å²) in [6.07, 6.45) is 8.24. The van der Waals surface area contributed by atoms with Crippen molar-refractivity contribution in [1.82, 2.24) is 15.2 Å². The van der Waals surface area contributed by atoms with Gasteiger partial charge in [0.1, 0.15) is 6.33 Å². The van der Waals surface area contributed by atoms with Crippen molar-refractivity contribution in [3.05, 3.63) is 60.4 Å². The van der Waals surface area contributed by atoms with Crippen molar-refractivity contribution in [2.75, 3.05) is 11.1 Å². The van der Waals surface area contributed by atoms with E-state index in [2.05, 4.69) is 56.9 Å². The van der Waals surface area contributed by atoms with Crippen LogP contribution in [0.1, 0.15) is 43.6 Å². The molecule has 2 N–H and O–H groups in total. The predicted molar refractivity (Wildman–Crippen MR) is 113 cm³/mol. The highest BCUT2D eigenvalue weighted by molar-refractivity contribution is 7.99. The average molecular weight is 393 g/mol. The van der Waals surface area contributed by atoms with Crippen molar-refractivity contribution in [1.29, 1.82) is 0 Å². The molecule has 1 aliphatic carbocycles. The van der Waals surface area contributed by atoms with Crippen molar-refractivity contribution in [3.63, 3.8) is 0 Å². The van der Waals surface area contributed by atoms with E-state index in [9.17, 15) is 4.79 Å². The molecular formula is C22H24N4OS. The van der Waals surface area contributed by atoms with Crippen molar-refractivity contribution >= 4 is 23.4 Å². The van der Waals surface area contributed by atoms with Crippen LogP contribution in [-0.2, 0) is 4.79 Å². The molecule has 0 atom stereocenters. The highest BCUT2D eigenvalue weighted by Crippen LogP contribution is 2.33. The number of anilines is 1. The van der Waals surface area contributed by atoms with Gasteiger partial charge in [0.05, 0.1) is 5.75 Å². The van der Waals surface area contributed by atoms with E-state index in [4.69, 9.17) is 0 Å². The highest BCUT2D eigenvalue weighted by atomic mass is 32.2. The molecule has 0 saturated heterocycles. The molecule has 0 radical (unpaired) electrons. The van der Waals surface area contributed by atoms with Crippen LogP contribution in [0.5, 0.6) is 0 Å². The number of hydrogen-bond acceptors (Lipinski definition) is 4. The fourth-order valence-corrected chi connectivity index (χ4v) is 4.31. The van der Waals surface area contributed by atoms with Crippen LogP contribution in [0.4, 0.5) is 5.69 Å². The van der Waals surface area contributed by atoms with Crippen LogP contribution >= 0.6 is 11.8 Å². The van der Waals surface area contributed by atoms with E-state index >= 15 is 0 Å². The molecule has 2 aromatic carbocycles. The number of benzene rings is 2. The maximum Gasteiger partial charge on any atom is 0.234 e. The van der Waals surface area contributed by atoms with Crippen LogP contribution in [0, 0.1) is 0 Å². The Labute approximate surface area is 169 Å². The van der Waals surface area contributed by atoms with Crippen molar-refractivity contribution < 1.29 is 4.79 Å². The predicted octanol–water partition coefficient (Wildman–Crippen LogP) is 5.25. The van der Waals surface area contributed by atoms with Crippen molar-refractivity contribution in [3.8, 4) is 11.1 Å². The molecule has 1 amide bonds. The third-order valence-electron chi connectivity index (χ3n) is 5.22. The zero-order valence-corrected chi connectivity index (χ0v) is 16.5. The number of nitrogens with one attached hydrogen (secondary N) is 2. The quantitative estimate of drug-likeness (QED) is 0.562. The lowest BCUT2D eigenvalue weighted by Crippen LogP contribution is -2.14. The van der Waals surface area contributed by atoms with Gasteiger partial charge in [-0.2, -0.15) is 0 Å². The molecule has 3 aromatic rings. The van der Waals surface area contributed by atoms with E-state index in [1.54, 1.807) is 0 Å². The van der Waals surface area contributed by atoms with Gasteiger partial charge < -0.3 is 10.3 Å². The SMILES string of the molecule is O=C(CSc1nnc[nH]1)Nc1ccc(-c2ccc(C3CCCCC3)cc2)cc1. The van der Waals surface area contributed by atoms with E-state index in [1.165, 1.54) is 61.3 Å². The van der Waals surface area contributed by atoms with Crippen molar-refractivity contribution in [2.24, 2.45) is 0 Å². The summed E-state index contributed by atoms with van der Waals surface area (Å²) in [7, 11) is 0. The fraction of sp³-hybridized carbons (Fsp3) is 0.318. The second kappa shape index (κ2) is 9.06. The molecule has 4 rings (SSSR count). The lowest BCUT2D eigenvalue weighted by Gasteiger charge is -2.22. The van der Waals surface area contributed by atoms with Gasteiger partial charge in [0.15, 0.2) is 5.16 Å². The molecular weight excluding hydrogens is 368 g/mol. The number of carbonyl (C=O) groups is 1. The smallest absolute Gasteiger partial charge is 0.234 e. The van der Waals surface area contributed by atoms with E-state index < -0.39 is 0 Å². The van der Waals surface area contributed by atoms with Gasteiger partial charge in [-0.15, -0.1) is 10.2 Å². The van der Waals surface area contributed by atoms with Crippen LogP contribution in [-0.4, -0.2) is 26.8 Å². The van der Waals surface area contributed by atoms with Gasteiger partial charge in [-0.1, -0.05) is 67.4 Å². The van der Waals surface area contributed by atoms with Gasteiger partial charge in [-0.25, -0.2) is 0 Å². The molecule has 1 aliphatic rings. The summed E-state index contributed by atoms with van der Waals surface area (Å²) in [5.74, 6) is 0.959. The normalized spacial score (nSPS) is 14.7. The molecule has 0 aliphatic heterocycles. The second-order valence-electron chi connectivity index (χ2n) is 7.17. The molecule has 1 aromatic heterocycles. The summed E-state index contributed by atoms with van der Waals surface area (Å²) >= 11 is 1.33. The number of amides is 1. The Morgan fingerprint density at radius 2 is 1.68 bits per heavy atom. The number of rotatable bonds is 6. The Balaban J connectivity index is 1.34. The van der Waals surface area contributed by atoms with Gasteiger partial charge in [-0.05, 0) is 47.6 Å². The molecule has 28 heavy (non-hydrogen) atoms. The van der Waals surface area contributed by atoms with Crippen molar-refractivity contribution in [2.45, 2.75) is 43.2 Å². The van der Waals surface area contributed by atoms with E-state index in [0.717, 1.165) is 17.2 Å². The summed E-state index contributed by atoms with van der Waals surface area (Å²) in [4.78, 5) is 14.9. The minimum absolute atomic E-state index is 0.0639. The fourth-order valence-electron chi connectivity index (χ4n) is 3.73. The van der Waals surface area contributed by atoms with Crippen LogP contribution in [0.25, 0.3) is 11.1 Å². The lowest BCUT2D eigenvalue weighted by molar-refractivity contribution is -0.113. The van der Waals surface area contributed by atoms with Crippen LogP contribution < -0.4 is 5.32 Å². The molecule has 1 fully saturated rings. The summed E-state index contributed by atoms with van der Waals surface area (Å²) in [6.45, 7) is 0. The minimum Gasteiger partial charge on any atom is -0.325 e. The van der Waals surface area contributed by atoms with Crippen LogP contribution in [0.3, 0.4) is 0 Å². The summed E-state index contributed by atoms with van der Waals surface area (Å²) in [5, 5.41) is 11.1. The monoisotopic (exact) mass is 392 g/mol. The summed E-state index contributed by atoms with van der Waals surface area (Å²) in [6, 6.07) is 17.0. The number of H-pyrrole nitrogens is 1. The first-order valence-corrected chi connectivity index (χ1v) is 10.8. The topological polar surface area (TPSA) is 70.7 Å². The van der Waals surface area contributed by atoms with Gasteiger partial charge in [0.2, 0.25) is 5.91 Å². The van der Waals surface area contributed by atoms with E-state index in [-0.39, 0.29) is 5.91 Å². The standard InChI is InChI=1S/C22H24N4OS/c27-21(14-28-22-23-15-24-26-22)25-20-12-10-19(11-13-20)18-8-6-17(7-9-18)16-4-2-1-3-5-16/h6-13,15-16H,1-5,14H2,(H,25,27)(H,23,24,26). The first-order chi connectivity index (χ1) is 13.8. The first-order valence-electron chi connectivity index (χ1n) is 9.77. The molecule has 0 unspecified atom stereocenters. The maximum atomic E-state index is 12.1. The Morgan fingerprint density at radius 1 is 1.00 bits per heavy atom. The Morgan fingerprint density at radius 3 is 2.32 bits per heavy atom. The number of thioether (sulfide) groups is 1. The first kappa shape index (κ1) is 18.7. The summed E-state index contributed by atoms with van der Waals surface area (Å²) < 4.78 is 0. The number of hydrogen-bond donors (Lipinski definition) is 2. The van der Waals surface area contributed by atoms with Gasteiger partial charge in [0.25, 0.3) is 0 Å². The molecule has 5 nitrogen and oxygen atoms in total. The van der Waals surface area contributed by atoms with Gasteiger partial charge in [-0.3, -0.25) is 4.79 Å². The van der Waals surface area contributed by atoms with Crippen LogP contribution in [0.15, 0.2) is 60.0 Å². The molecule has 6 heteroatoms. The Kier molecular flexibility index (Phi) is 6.07. The third-order valence-corrected chi connectivity index (χ3v) is 6.10. The van der Waals surface area contributed by atoms with Crippen LogP contribution in [0.2, 0.25) is 0 Å². The summed E-state index contributed by atoms with van der Waals surface area (Å²) in [5.41, 5.74) is 4.63. The molecule has 1 saturated carbocycles. The van der Waals surface area contributed by atoms with Gasteiger partial charge >= 0.3 is 0 Å². The number of aromatic amines is 1. The Hall–Kier alpha value is -2.60. The molecule has 0 spiro atoms. The zero-order chi connectivity index (χ0) is 19.2. The average Bonchev–Trinajstić information content (AvgIpc) is 3.27. The molecule has 0 bridgehead atoms. The van der Waals surface area contributed by atoms with Gasteiger partial charge in [0, 0.05) is 5.69 Å². The molecule has 144 valence electrons.